The Bertz CT molecular complexity index is 448. The van der Waals surface area contributed by atoms with Crippen LogP contribution in [0.3, 0.4) is 0 Å². The summed E-state index contributed by atoms with van der Waals surface area (Å²) in [6.07, 6.45) is 3.76. The van der Waals surface area contributed by atoms with Crippen LogP contribution in [0, 0.1) is 6.92 Å². The van der Waals surface area contributed by atoms with E-state index in [4.69, 9.17) is 0 Å². The lowest BCUT2D eigenvalue weighted by atomic mass is 10.0. The lowest BCUT2D eigenvalue weighted by Gasteiger charge is -2.04. The first kappa shape index (κ1) is 10.4. The number of rotatable bonds is 3. The van der Waals surface area contributed by atoms with Gasteiger partial charge in [0.1, 0.15) is 4.60 Å². The Morgan fingerprint density at radius 1 is 1.27 bits per heavy atom. The summed E-state index contributed by atoms with van der Waals surface area (Å²) in [5.41, 5.74) is 3.92. The van der Waals surface area contributed by atoms with Crippen molar-refractivity contribution in [2.24, 2.45) is 0 Å². The maximum absolute atomic E-state index is 4.11. The van der Waals surface area contributed by atoms with Crippen molar-refractivity contribution >= 4 is 15.9 Å². The normalized spacial score (nSPS) is 10.5. The van der Waals surface area contributed by atoms with Crippen molar-refractivity contribution in [1.82, 2.24) is 9.97 Å². The third-order valence-electron chi connectivity index (χ3n) is 2.57. The number of nitrogens with one attached hydrogen (secondary N) is 1. The van der Waals surface area contributed by atoms with Gasteiger partial charge in [-0.25, -0.2) is 4.98 Å². The molecule has 1 N–H and O–H groups in total. The van der Waals surface area contributed by atoms with E-state index in [1.807, 2.05) is 0 Å². The summed E-state index contributed by atoms with van der Waals surface area (Å²) in [7, 11) is 0. The van der Waals surface area contributed by atoms with E-state index in [1.54, 1.807) is 6.33 Å². The minimum Gasteiger partial charge on any atom is -0.348 e. The molecule has 0 aliphatic heterocycles. The highest BCUT2D eigenvalue weighted by Crippen LogP contribution is 2.15. The zero-order valence-corrected chi connectivity index (χ0v) is 10.2. The Balaban J connectivity index is 2.06. The van der Waals surface area contributed by atoms with Crippen molar-refractivity contribution in [3.63, 3.8) is 0 Å². The standard InChI is InChI=1S/C12H13BrN2/c1-9-4-2-3-5-10(9)6-7-11-12(13)15-8-14-11/h2-5,8H,6-7H2,1H3,(H,14,15). The monoisotopic (exact) mass is 264 g/mol. The topological polar surface area (TPSA) is 28.7 Å². The maximum Gasteiger partial charge on any atom is 0.127 e. The molecule has 0 unspecified atom stereocenters. The molecule has 0 saturated heterocycles. The lowest BCUT2D eigenvalue weighted by Crippen LogP contribution is -1.94. The number of imidazole rings is 1. The highest BCUT2D eigenvalue weighted by atomic mass is 79.9. The number of nitrogens with zero attached hydrogens (tertiary/aromatic N) is 1. The largest absolute Gasteiger partial charge is 0.348 e. The highest BCUT2D eigenvalue weighted by Gasteiger charge is 2.03. The average molecular weight is 265 g/mol. The first-order valence-corrected chi connectivity index (χ1v) is 5.79. The van der Waals surface area contributed by atoms with E-state index in [2.05, 4.69) is 57.1 Å². The van der Waals surface area contributed by atoms with Gasteiger partial charge in [-0.15, -0.1) is 0 Å². The molecule has 0 saturated carbocycles. The van der Waals surface area contributed by atoms with Crippen molar-refractivity contribution in [1.29, 1.82) is 0 Å². The number of halogens is 1. The van der Waals surface area contributed by atoms with Gasteiger partial charge in [0.15, 0.2) is 0 Å². The van der Waals surface area contributed by atoms with Gasteiger partial charge in [-0.1, -0.05) is 24.3 Å². The van der Waals surface area contributed by atoms with E-state index in [-0.39, 0.29) is 0 Å². The van der Waals surface area contributed by atoms with Crippen molar-refractivity contribution in [2.75, 3.05) is 0 Å². The highest BCUT2D eigenvalue weighted by molar-refractivity contribution is 9.10. The van der Waals surface area contributed by atoms with Gasteiger partial charge >= 0.3 is 0 Å². The third kappa shape index (κ3) is 2.48. The Hall–Kier alpha value is -1.09. The summed E-state index contributed by atoms with van der Waals surface area (Å²) in [6, 6.07) is 8.49. The molecular weight excluding hydrogens is 252 g/mol. The van der Waals surface area contributed by atoms with Crippen LogP contribution >= 0.6 is 15.9 Å². The van der Waals surface area contributed by atoms with E-state index in [0.717, 1.165) is 17.4 Å². The minimum absolute atomic E-state index is 0.927. The zero-order valence-electron chi connectivity index (χ0n) is 8.63. The lowest BCUT2D eigenvalue weighted by molar-refractivity contribution is 0.911. The summed E-state index contributed by atoms with van der Waals surface area (Å²) >= 11 is 3.42. The van der Waals surface area contributed by atoms with Gasteiger partial charge in [0.05, 0.1) is 6.33 Å². The molecule has 1 aromatic heterocycles. The number of aryl methyl sites for hydroxylation is 3. The molecule has 2 aromatic rings. The van der Waals surface area contributed by atoms with E-state index in [9.17, 15) is 0 Å². The Kier molecular flexibility index (Phi) is 3.21. The van der Waals surface area contributed by atoms with Gasteiger partial charge in [0.2, 0.25) is 0 Å². The molecule has 3 heteroatoms. The van der Waals surface area contributed by atoms with Gasteiger partial charge in [0, 0.05) is 5.69 Å². The second kappa shape index (κ2) is 4.62. The minimum atomic E-state index is 0.927. The molecule has 0 fully saturated rings. The molecule has 0 bridgehead atoms. The van der Waals surface area contributed by atoms with Crippen molar-refractivity contribution in [2.45, 2.75) is 19.8 Å². The molecule has 78 valence electrons. The molecule has 2 nitrogen and oxygen atoms in total. The second-order valence-electron chi connectivity index (χ2n) is 3.60. The van der Waals surface area contributed by atoms with Crippen LogP contribution in [0.15, 0.2) is 35.2 Å². The molecule has 0 radical (unpaired) electrons. The SMILES string of the molecule is Cc1ccccc1CCc1[nH]cnc1Br. The van der Waals surface area contributed by atoms with Crippen LogP contribution in [0.1, 0.15) is 16.8 Å². The molecule has 0 aliphatic carbocycles. The van der Waals surface area contributed by atoms with E-state index in [1.165, 1.54) is 16.8 Å². The summed E-state index contributed by atoms with van der Waals surface area (Å²) in [4.78, 5) is 7.25. The van der Waals surface area contributed by atoms with Crippen LogP contribution in [-0.4, -0.2) is 9.97 Å². The van der Waals surface area contributed by atoms with Gasteiger partial charge in [-0.2, -0.15) is 0 Å². The summed E-state index contributed by atoms with van der Waals surface area (Å²) in [5, 5.41) is 0. The Labute approximate surface area is 97.9 Å². The van der Waals surface area contributed by atoms with Crippen molar-refractivity contribution in [3.8, 4) is 0 Å². The first-order valence-electron chi connectivity index (χ1n) is 4.99. The fraction of sp³-hybridized carbons (Fsp3) is 0.250. The molecule has 0 amide bonds. The number of aromatic nitrogens is 2. The number of benzene rings is 1. The molecule has 2 rings (SSSR count). The molecule has 0 atom stereocenters. The van der Waals surface area contributed by atoms with Crippen LogP contribution < -0.4 is 0 Å². The van der Waals surface area contributed by atoms with Gasteiger partial charge in [-0.05, 0) is 46.8 Å². The number of H-pyrrole nitrogens is 1. The fourth-order valence-electron chi connectivity index (χ4n) is 1.63. The molecule has 1 heterocycles. The van der Waals surface area contributed by atoms with Crippen molar-refractivity contribution in [3.05, 3.63) is 52.0 Å². The first-order chi connectivity index (χ1) is 7.27. The molecule has 15 heavy (non-hydrogen) atoms. The molecular formula is C12H13BrN2. The number of hydrogen-bond donors (Lipinski definition) is 1. The average Bonchev–Trinajstić information content (AvgIpc) is 2.63. The number of hydrogen-bond acceptors (Lipinski definition) is 1. The molecule has 1 aromatic carbocycles. The van der Waals surface area contributed by atoms with E-state index in [0.29, 0.717) is 0 Å². The van der Waals surface area contributed by atoms with Gasteiger partial charge < -0.3 is 4.98 Å². The smallest absolute Gasteiger partial charge is 0.127 e. The van der Waals surface area contributed by atoms with Crippen LogP contribution in [0.4, 0.5) is 0 Å². The van der Waals surface area contributed by atoms with Crippen LogP contribution in [0.25, 0.3) is 0 Å². The quantitative estimate of drug-likeness (QED) is 0.906. The van der Waals surface area contributed by atoms with Gasteiger partial charge in [-0.3, -0.25) is 0 Å². The van der Waals surface area contributed by atoms with E-state index < -0.39 is 0 Å². The van der Waals surface area contributed by atoms with Crippen LogP contribution in [0.5, 0.6) is 0 Å². The Morgan fingerprint density at radius 3 is 2.73 bits per heavy atom. The summed E-state index contributed by atoms with van der Waals surface area (Å²) in [5.74, 6) is 0. The summed E-state index contributed by atoms with van der Waals surface area (Å²) in [6.45, 7) is 2.15. The van der Waals surface area contributed by atoms with E-state index >= 15 is 0 Å². The summed E-state index contributed by atoms with van der Waals surface area (Å²) < 4.78 is 0.927. The Morgan fingerprint density at radius 2 is 2.07 bits per heavy atom. The fourth-order valence-corrected chi connectivity index (χ4v) is 2.04. The maximum atomic E-state index is 4.11. The predicted molar refractivity (Wildman–Crippen MR) is 64.9 cm³/mol. The predicted octanol–water partition coefficient (Wildman–Crippen LogP) is 3.27. The van der Waals surface area contributed by atoms with Crippen LogP contribution in [-0.2, 0) is 12.8 Å². The third-order valence-corrected chi connectivity index (χ3v) is 3.25. The van der Waals surface area contributed by atoms with Crippen LogP contribution in [0.2, 0.25) is 0 Å². The molecule has 0 aliphatic rings. The number of aromatic amines is 1. The van der Waals surface area contributed by atoms with Crippen molar-refractivity contribution < 1.29 is 0 Å². The van der Waals surface area contributed by atoms with Gasteiger partial charge in [0.25, 0.3) is 0 Å². The second-order valence-corrected chi connectivity index (χ2v) is 4.35. The zero-order chi connectivity index (χ0) is 10.7. The molecule has 0 spiro atoms.